The summed E-state index contributed by atoms with van der Waals surface area (Å²) < 4.78 is 3.12. The highest BCUT2D eigenvalue weighted by molar-refractivity contribution is 7.22. The number of aryl methyl sites for hydroxylation is 2. The molecule has 0 atom stereocenters. The highest BCUT2D eigenvalue weighted by atomic mass is 32.1. The van der Waals surface area contributed by atoms with Gasteiger partial charge in [-0.1, -0.05) is 35.6 Å². The normalized spacial score (nSPS) is 14.7. The van der Waals surface area contributed by atoms with E-state index >= 15 is 0 Å². The van der Waals surface area contributed by atoms with Gasteiger partial charge >= 0.3 is 0 Å². The number of hydrogen-bond donors (Lipinski definition) is 1. The Morgan fingerprint density at radius 1 is 1.03 bits per heavy atom. The molecule has 0 saturated carbocycles. The fourth-order valence-corrected chi connectivity index (χ4v) is 5.47. The third-order valence-electron chi connectivity index (χ3n) is 6.10. The third-order valence-corrected chi connectivity index (χ3v) is 7.03. The van der Waals surface area contributed by atoms with E-state index in [-0.39, 0.29) is 5.91 Å². The minimum atomic E-state index is -0.0107. The summed E-state index contributed by atoms with van der Waals surface area (Å²) >= 11 is 1.52. The molecule has 1 aliphatic rings. The van der Waals surface area contributed by atoms with Crippen LogP contribution in [0, 0.1) is 20.8 Å². The molecular weight excluding hydrogens is 432 g/mol. The molecule has 1 amide bonds. The Morgan fingerprint density at radius 3 is 2.55 bits per heavy atom. The van der Waals surface area contributed by atoms with Crippen LogP contribution in [0.25, 0.3) is 15.9 Å². The molecule has 0 aliphatic carbocycles. The van der Waals surface area contributed by atoms with E-state index in [1.807, 2.05) is 35.0 Å². The number of benzene rings is 2. The maximum absolute atomic E-state index is 12.6. The molecule has 1 aliphatic heterocycles. The predicted molar refractivity (Wildman–Crippen MR) is 135 cm³/mol. The lowest BCUT2D eigenvalue weighted by molar-refractivity contribution is -0.117. The first-order valence-electron chi connectivity index (χ1n) is 11.2. The molecule has 0 bridgehead atoms. The van der Waals surface area contributed by atoms with Crippen molar-refractivity contribution in [1.82, 2.24) is 19.7 Å². The number of carbonyl (C=O) groups is 1. The second-order valence-corrected chi connectivity index (χ2v) is 9.60. The summed E-state index contributed by atoms with van der Waals surface area (Å²) in [6.45, 7) is 10.1. The number of fused-ring (bicyclic) bond motifs is 1. The Kier molecular flexibility index (Phi) is 5.86. The average Bonchev–Trinajstić information content (AvgIpc) is 3.33. The average molecular weight is 461 g/mol. The van der Waals surface area contributed by atoms with Crippen molar-refractivity contribution in [3.8, 4) is 5.69 Å². The molecule has 1 saturated heterocycles. The smallest absolute Gasteiger partial charge is 0.240 e. The number of para-hydroxylation sites is 1. The van der Waals surface area contributed by atoms with Crippen LogP contribution < -0.4 is 10.2 Å². The van der Waals surface area contributed by atoms with Gasteiger partial charge < -0.3 is 10.2 Å². The highest BCUT2D eigenvalue weighted by Gasteiger charge is 2.24. The maximum atomic E-state index is 12.6. The van der Waals surface area contributed by atoms with Gasteiger partial charge in [0.15, 0.2) is 5.13 Å². The molecule has 3 heterocycles. The van der Waals surface area contributed by atoms with E-state index in [9.17, 15) is 4.79 Å². The summed E-state index contributed by atoms with van der Waals surface area (Å²) in [4.78, 5) is 21.8. The standard InChI is InChI=1S/C25H28N6OS/c1-17-9-10-21-22(15-17)33-25(26-21)27-23(32)16-29-11-13-30(14-12-29)24-18(2)28-31(19(24)3)20-7-5-4-6-8-20/h4-10,15H,11-14,16H2,1-3H3,(H,26,27,32). The van der Waals surface area contributed by atoms with Gasteiger partial charge in [-0.2, -0.15) is 5.10 Å². The number of rotatable bonds is 5. The lowest BCUT2D eigenvalue weighted by Gasteiger charge is -2.35. The first-order valence-corrected chi connectivity index (χ1v) is 12.1. The number of nitrogens with one attached hydrogen (secondary N) is 1. The maximum Gasteiger partial charge on any atom is 0.240 e. The van der Waals surface area contributed by atoms with Gasteiger partial charge in [0.1, 0.15) is 0 Å². The molecule has 8 heteroatoms. The molecule has 7 nitrogen and oxygen atoms in total. The first kappa shape index (κ1) is 21.6. The van der Waals surface area contributed by atoms with Gasteiger partial charge in [0.25, 0.3) is 0 Å². The third kappa shape index (κ3) is 4.49. The van der Waals surface area contributed by atoms with Crippen molar-refractivity contribution in [2.45, 2.75) is 20.8 Å². The van der Waals surface area contributed by atoms with Gasteiger partial charge in [-0.15, -0.1) is 0 Å². The SMILES string of the molecule is Cc1ccc2nc(NC(=O)CN3CCN(c4c(C)nn(-c5ccccc5)c4C)CC3)sc2c1. The number of anilines is 2. The number of aromatic nitrogens is 3. The molecule has 4 aromatic rings. The summed E-state index contributed by atoms with van der Waals surface area (Å²) in [6.07, 6.45) is 0. The number of piperazine rings is 1. The number of carbonyl (C=O) groups excluding carboxylic acids is 1. The van der Waals surface area contributed by atoms with Crippen LogP contribution >= 0.6 is 11.3 Å². The van der Waals surface area contributed by atoms with Gasteiger partial charge in [0.2, 0.25) is 5.91 Å². The van der Waals surface area contributed by atoms with Crippen molar-refractivity contribution in [1.29, 1.82) is 0 Å². The Hall–Kier alpha value is -3.23. The second-order valence-electron chi connectivity index (χ2n) is 8.57. The topological polar surface area (TPSA) is 66.3 Å². The van der Waals surface area contributed by atoms with Crippen LogP contribution in [-0.4, -0.2) is 58.3 Å². The van der Waals surface area contributed by atoms with Crippen LogP contribution in [0.3, 0.4) is 0 Å². The van der Waals surface area contributed by atoms with Crippen LogP contribution in [0.15, 0.2) is 48.5 Å². The van der Waals surface area contributed by atoms with Crippen LogP contribution in [-0.2, 0) is 4.79 Å². The van der Waals surface area contributed by atoms with E-state index in [0.717, 1.165) is 53.5 Å². The number of thiazole rings is 1. The molecule has 5 rings (SSSR count). The number of nitrogens with zero attached hydrogens (tertiary/aromatic N) is 5. The number of hydrogen-bond acceptors (Lipinski definition) is 6. The summed E-state index contributed by atoms with van der Waals surface area (Å²) in [7, 11) is 0. The molecule has 1 N–H and O–H groups in total. The quantitative estimate of drug-likeness (QED) is 0.484. The lowest BCUT2D eigenvalue weighted by Crippen LogP contribution is -2.49. The molecule has 0 unspecified atom stereocenters. The van der Waals surface area contributed by atoms with Gasteiger partial charge in [0.05, 0.1) is 39.5 Å². The number of amides is 1. The molecule has 2 aromatic heterocycles. The molecule has 33 heavy (non-hydrogen) atoms. The Balaban J connectivity index is 1.20. The van der Waals surface area contributed by atoms with Crippen LogP contribution in [0.5, 0.6) is 0 Å². The zero-order valence-electron chi connectivity index (χ0n) is 19.2. The lowest BCUT2D eigenvalue weighted by atomic mass is 10.2. The first-order chi connectivity index (χ1) is 16.0. The monoisotopic (exact) mass is 460 g/mol. The summed E-state index contributed by atoms with van der Waals surface area (Å²) in [5, 5.41) is 8.43. The summed E-state index contributed by atoms with van der Waals surface area (Å²) in [5.74, 6) is -0.0107. The van der Waals surface area contributed by atoms with E-state index in [0.29, 0.717) is 11.7 Å². The van der Waals surface area contributed by atoms with E-state index < -0.39 is 0 Å². The molecule has 1 fully saturated rings. The van der Waals surface area contributed by atoms with Crippen LogP contribution in [0.2, 0.25) is 0 Å². The van der Waals surface area contributed by atoms with Crippen molar-refractivity contribution in [2.24, 2.45) is 0 Å². The van der Waals surface area contributed by atoms with Crippen molar-refractivity contribution >= 4 is 38.3 Å². The fraction of sp³-hybridized carbons (Fsp3) is 0.320. The van der Waals surface area contributed by atoms with E-state index in [1.165, 1.54) is 22.6 Å². The summed E-state index contributed by atoms with van der Waals surface area (Å²) in [6, 6.07) is 16.4. The van der Waals surface area contributed by atoms with E-state index in [2.05, 4.69) is 59.1 Å². The van der Waals surface area contributed by atoms with Crippen LogP contribution in [0.1, 0.15) is 17.0 Å². The van der Waals surface area contributed by atoms with Crippen LogP contribution in [0.4, 0.5) is 10.8 Å². The minimum absolute atomic E-state index is 0.0107. The minimum Gasteiger partial charge on any atom is -0.366 e. The second kappa shape index (κ2) is 8.96. The Labute approximate surface area is 197 Å². The Morgan fingerprint density at radius 2 is 1.79 bits per heavy atom. The molecule has 170 valence electrons. The Bertz CT molecular complexity index is 1290. The summed E-state index contributed by atoms with van der Waals surface area (Å²) in [5.41, 5.74) is 6.58. The van der Waals surface area contributed by atoms with Crippen molar-refractivity contribution in [2.75, 3.05) is 42.9 Å². The molecule has 0 spiro atoms. The van der Waals surface area contributed by atoms with Gasteiger partial charge in [0, 0.05) is 26.2 Å². The highest BCUT2D eigenvalue weighted by Crippen LogP contribution is 2.28. The van der Waals surface area contributed by atoms with Crippen molar-refractivity contribution in [3.63, 3.8) is 0 Å². The van der Waals surface area contributed by atoms with Gasteiger partial charge in [-0.05, 0) is 50.6 Å². The van der Waals surface area contributed by atoms with E-state index in [4.69, 9.17) is 5.10 Å². The van der Waals surface area contributed by atoms with Crippen molar-refractivity contribution in [3.05, 3.63) is 65.5 Å². The zero-order chi connectivity index (χ0) is 22.9. The van der Waals surface area contributed by atoms with Gasteiger partial charge in [-0.25, -0.2) is 9.67 Å². The fourth-order valence-electron chi connectivity index (χ4n) is 4.49. The molecular formula is C25H28N6OS. The van der Waals surface area contributed by atoms with Gasteiger partial charge in [-0.3, -0.25) is 9.69 Å². The van der Waals surface area contributed by atoms with Crippen molar-refractivity contribution < 1.29 is 4.79 Å². The molecule has 2 aromatic carbocycles. The predicted octanol–water partition coefficient (Wildman–Crippen LogP) is 4.17. The van der Waals surface area contributed by atoms with E-state index in [1.54, 1.807) is 0 Å². The largest absolute Gasteiger partial charge is 0.366 e. The zero-order valence-corrected chi connectivity index (χ0v) is 20.0. The molecule has 0 radical (unpaired) electrons.